The Morgan fingerprint density at radius 1 is 1.07 bits per heavy atom. The van der Waals surface area contributed by atoms with Gasteiger partial charge in [0.2, 0.25) is 0 Å². The fourth-order valence-electron chi connectivity index (χ4n) is 3.99. The second-order valence-electron chi connectivity index (χ2n) is 5.57. The molecule has 0 amide bonds. The summed E-state index contributed by atoms with van der Waals surface area (Å²) < 4.78 is 0. The fourth-order valence-corrected chi connectivity index (χ4v) is 3.99. The lowest BCUT2D eigenvalue weighted by Gasteiger charge is -2.50. The summed E-state index contributed by atoms with van der Waals surface area (Å²) in [7, 11) is 0. The molecule has 1 saturated carbocycles. The SMILES string of the molecule is O=C1CCN2C(CCC3CCCCC32)C1. The van der Waals surface area contributed by atoms with Crippen molar-refractivity contribution in [2.45, 2.75) is 63.5 Å². The van der Waals surface area contributed by atoms with Crippen LogP contribution in [0.2, 0.25) is 0 Å². The van der Waals surface area contributed by atoms with Gasteiger partial charge in [0.05, 0.1) is 0 Å². The van der Waals surface area contributed by atoms with Crippen LogP contribution >= 0.6 is 0 Å². The standard InChI is InChI=1S/C13H21NO/c15-12-7-8-14-11(9-12)6-5-10-3-1-2-4-13(10)14/h10-11,13H,1-9H2. The number of rotatable bonds is 0. The Balaban J connectivity index is 1.75. The predicted octanol–water partition coefficient (Wildman–Crippen LogP) is 2.37. The fraction of sp³-hybridized carbons (Fsp3) is 0.923. The molecule has 1 aliphatic carbocycles. The van der Waals surface area contributed by atoms with Gasteiger partial charge in [-0.2, -0.15) is 0 Å². The molecule has 2 aliphatic heterocycles. The molecule has 3 aliphatic rings. The van der Waals surface area contributed by atoms with Crippen molar-refractivity contribution in [1.29, 1.82) is 0 Å². The maximum Gasteiger partial charge on any atom is 0.135 e. The quantitative estimate of drug-likeness (QED) is 0.608. The van der Waals surface area contributed by atoms with Crippen LogP contribution in [0.15, 0.2) is 0 Å². The predicted molar refractivity (Wildman–Crippen MR) is 59.7 cm³/mol. The Kier molecular flexibility index (Phi) is 2.55. The van der Waals surface area contributed by atoms with Crippen molar-refractivity contribution in [2.24, 2.45) is 5.92 Å². The second-order valence-corrected chi connectivity index (χ2v) is 5.57. The maximum atomic E-state index is 11.5. The number of hydrogen-bond acceptors (Lipinski definition) is 2. The zero-order valence-corrected chi connectivity index (χ0v) is 9.45. The highest BCUT2D eigenvalue weighted by molar-refractivity contribution is 5.80. The van der Waals surface area contributed by atoms with Gasteiger partial charge in [0.25, 0.3) is 0 Å². The van der Waals surface area contributed by atoms with Gasteiger partial charge in [-0.3, -0.25) is 9.69 Å². The molecule has 0 aromatic carbocycles. The van der Waals surface area contributed by atoms with Crippen molar-refractivity contribution in [2.75, 3.05) is 6.54 Å². The van der Waals surface area contributed by atoms with Crippen LogP contribution in [0.4, 0.5) is 0 Å². The highest BCUT2D eigenvalue weighted by Crippen LogP contribution is 2.39. The molecule has 84 valence electrons. The van der Waals surface area contributed by atoms with Gasteiger partial charge in [-0.15, -0.1) is 0 Å². The third kappa shape index (κ3) is 1.73. The van der Waals surface area contributed by atoms with E-state index >= 15 is 0 Å². The third-order valence-corrected chi connectivity index (χ3v) is 4.75. The van der Waals surface area contributed by atoms with Gasteiger partial charge in [0, 0.05) is 31.5 Å². The average Bonchev–Trinajstić information content (AvgIpc) is 2.28. The van der Waals surface area contributed by atoms with Crippen molar-refractivity contribution in [3.63, 3.8) is 0 Å². The van der Waals surface area contributed by atoms with E-state index in [2.05, 4.69) is 4.90 Å². The summed E-state index contributed by atoms with van der Waals surface area (Å²) in [5.74, 6) is 1.47. The van der Waals surface area contributed by atoms with Crippen molar-refractivity contribution < 1.29 is 4.79 Å². The zero-order chi connectivity index (χ0) is 10.3. The Bertz CT molecular complexity index is 263. The minimum Gasteiger partial charge on any atom is -0.300 e. The molecule has 2 nitrogen and oxygen atoms in total. The molecule has 0 aromatic rings. The van der Waals surface area contributed by atoms with Crippen LogP contribution in [-0.4, -0.2) is 29.3 Å². The van der Waals surface area contributed by atoms with E-state index in [9.17, 15) is 4.79 Å². The molecular formula is C13H21NO. The average molecular weight is 207 g/mol. The van der Waals surface area contributed by atoms with Crippen LogP contribution in [0.3, 0.4) is 0 Å². The summed E-state index contributed by atoms with van der Waals surface area (Å²) in [6.45, 7) is 1.06. The molecule has 2 heteroatoms. The number of fused-ring (bicyclic) bond motifs is 3. The van der Waals surface area contributed by atoms with Crippen LogP contribution in [0.25, 0.3) is 0 Å². The number of nitrogens with zero attached hydrogens (tertiary/aromatic N) is 1. The van der Waals surface area contributed by atoms with Crippen molar-refractivity contribution in [3.05, 3.63) is 0 Å². The molecular weight excluding hydrogens is 186 g/mol. The smallest absolute Gasteiger partial charge is 0.135 e. The minimum absolute atomic E-state index is 0.505. The molecule has 2 saturated heterocycles. The topological polar surface area (TPSA) is 20.3 Å². The summed E-state index contributed by atoms with van der Waals surface area (Å²) in [4.78, 5) is 14.1. The molecule has 0 radical (unpaired) electrons. The number of carbonyl (C=O) groups is 1. The summed E-state index contributed by atoms with van der Waals surface area (Å²) in [5.41, 5.74) is 0. The molecule has 0 N–H and O–H groups in total. The summed E-state index contributed by atoms with van der Waals surface area (Å²) in [5, 5.41) is 0. The lowest BCUT2D eigenvalue weighted by molar-refractivity contribution is -0.126. The summed E-state index contributed by atoms with van der Waals surface area (Å²) in [6, 6.07) is 1.45. The summed E-state index contributed by atoms with van der Waals surface area (Å²) >= 11 is 0. The van der Waals surface area contributed by atoms with Gasteiger partial charge < -0.3 is 0 Å². The van der Waals surface area contributed by atoms with Crippen LogP contribution in [0.5, 0.6) is 0 Å². The number of hydrogen-bond donors (Lipinski definition) is 0. The second kappa shape index (κ2) is 3.89. The molecule has 3 unspecified atom stereocenters. The summed E-state index contributed by atoms with van der Waals surface area (Å²) in [6.07, 6.45) is 10.0. The zero-order valence-electron chi connectivity index (χ0n) is 9.45. The van der Waals surface area contributed by atoms with Crippen molar-refractivity contribution >= 4 is 5.78 Å². The first-order chi connectivity index (χ1) is 7.34. The van der Waals surface area contributed by atoms with E-state index < -0.39 is 0 Å². The third-order valence-electron chi connectivity index (χ3n) is 4.75. The Labute approximate surface area is 92.0 Å². The molecule has 15 heavy (non-hydrogen) atoms. The molecule has 0 spiro atoms. The van der Waals surface area contributed by atoms with Gasteiger partial charge in [-0.25, -0.2) is 0 Å². The molecule has 0 bridgehead atoms. The van der Waals surface area contributed by atoms with Gasteiger partial charge in [0.1, 0.15) is 5.78 Å². The number of carbonyl (C=O) groups excluding carboxylic acids is 1. The number of ketones is 1. The first-order valence-corrected chi connectivity index (χ1v) is 6.62. The minimum atomic E-state index is 0.505. The van der Waals surface area contributed by atoms with E-state index in [4.69, 9.17) is 0 Å². The molecule has 3 rings (SSSR count). The number of piperidine rings is 2. The Hall–Kier alpha value is -0.370. The lowest BCUT2D eigenvalue weighted by Crippen LogP contribution is -2.55. The monoisotopic (exact) mass is 207 g/mol. The molecule has 3 atom stereocenters. The van der Waals surface area contributed by atoms with Crippen LogP contribution in [0.1, 0.15) is 51.4 Å². The maximum absolute atomic E-state index is 11.5. The van der Waals surface area contributed by atoms with Gasteiger partial charge in [0.15, 0.2) is 0 Å². The molecule has 0 aromatic heterocycles. The highest BCUT2D eigenvalue weighted by Gasteiger charge is 2.40. The highest BCUT2D eigenvalue weighted by atomic mass is 16.1. The van der Waals surface area contributed by atoms with E-state index in [1.165, 1.54) is 38.5 Å². The van der Waals surface area contributed by atoms with E-state index in [0.717, 1.165) is 31.3 Å². The van der Waals surface area contributed by atoms with Crippen LogP contribution < -0.4 is 0 Å². The molecule has 3 fully saturated rings. The normalized spacial score (nSPS) is 42.1. The van der Waals surface area contributed by atoms with Crippen molar-refractivity contribution in [1.82, 2.24) is 4.90 Å². The van der Waals surface area contributed by atoms with Gasteiger partial charge >= 0.3 is 0 Å². The molecule has 2 heterocycles. The van der Waals surface area contributed by atoms with E-state index in [1.54, 1.807) is 0 Å². The van der Waals surface area contributed by atoms with Crippen molar-refractivity contribution in [3.8, 4) is 0 Å². The van der Waals surface area contributed by atoms with Gasteiger partial charge in [-0.05, 0) is 31.6 Å². The van der Waals surface area contributed by atoms with E-state index in [-0.39, 0.29) is 0 Å². The first-order valence-electron chi connectivity index (χ1n) is 6.62. The lowest BCUT2D eigenvalue weighted by atomic mass is 9.74. The largest absolute Gasteiger partial charge is 0.300 e. The van der Waals surface area contributed by atoms with E-state index in [1.807, 2.05) is 0 Å². The van der Waals surface area contributed by atoms with Crippen LogP contribution in [0, 0.1) is 5.92 Å². The van der Waals surface area contributed by atoms with Crippen LogP contribution in [-0.2, 0) is 4.79 Å². The number of Topliss-reactive ketones (excluding diaryl/α,β-unsaturated/α-hetero) is 1. The first kappa shape index (κ1) is 9.83. The van der Waals surface area contributed by atoms with E-state index in [0.29, 0.717) is 11.8 Å². The van der Waals surface area contributed by atoms with Gasteiger partial charge in [-0.1, -0.05) is 12.8 Å². The Morgan fingerprint density at radius 2 is 1.93 bits per heavy atom. The Morgan fingerprint density at radius 3 is 2.87 bits per heavy atom.